The van der Waals surface area contributed by atoms with Gasteiger partial charge in [-0.15, -0.1) is 0 Å². The number of hydrogen-bond acceptors (Lipinski definition) is 0. The van der Waals surface area contributed by atoms with Crippen molar-refractivity contribution < 1.29 is 0 Å². The molecule has 1 radical (unpaired) electrons. The van der Waals surface area contributed by atoms with E-state index in [9.17, 15) is 0 Å². The fourth-order valence-corrected chi connectivity index (χ4v) is 0.796. The number of rotatable bonds is 3. The van der Waals surface area contributed by atoms with Crippen LogP contribution >= 0.6 is 15.9 Å². The first kappa shape index (κ1) is 7.48. The molecule has 0 amide bonds. The van der Waals surface area contributed by atoms with E-state index in [4.69, 9.17) is 0 Å². The zero-order chi connectivity index (χ0) is 5.70. The van der Waals surface area contributed by atoms with Crippen LogP contribution in [0.1, 0.15) is 26.7 Å². The fraction of sp³-hybridized carbons (Fsp3) is 0.833. The van der Waals surface area contributed by atoms with Crippen molar-refractivity contribution in [2.24, 2.45) is 0 Å². The topological polar surface area (TPSA) is 0 Å². The fourth-order valence-electron chi connectivity index (χ4n) is 0.422. The van der Waals surface area contributed by atoms with E-state index in [0.29, 0.717) is 4.83 Å². The van der Waals surface area contributed by atoms with Crippen LogP contribution in [0.4, 0.5) is 0 Å². The lowest BCUT2D eigenvalue weighted by molar-refractivity contribution is 0.817. The van der Waals surface area contributed by atoms with Crippen molar-refractivity contribution in [3.8, 4) is 0 Å². The maximum Gasteiger partial charge on any atom is 0.0145 e. The first-order valence-electron chi connectivity index (χ1n) is 2.73. The molecular formula is C6H12Br. The average molecular weight is 164 g/mol. The molecule has 0 aliphatic rings. The highest BCUT2D eigenvalue weighted by molar-refractivity contribution is 9.09. The van der Waals surface area contributed by atoms with Gasteiger partial charge in [0.05, 0.1) is 0 Å². The van der Waals surface area contributed by atoms with Crippen LogP contribution in [0.15, 0.2) is 0 Å². The van der Waals surface area contributed by atoms with Gasteiger partial charge in [0.15, 0.2) is 0 Å². The molecule has 0 aliphatic heterocycles. The molecule has 0 bridgehead atoms. The minimum atomic E-state index is 0.706. The summed E-state index contributed by atoms with van der Waals surface area (Å²) in [4.78, 5) is 0.706. The van der Waals surface area contributed by atoms with Gasteiger partial charge in [-0.25, -0.2) is 0 Å². The summed E-state index contributed by atoms with van der Waals surface area (Å²) in [5.41, 5.74) is 0. The summed E-state index contributed by atoms with van der Waals surface area (Å²) in [6.07, 6.45) is 4.60. The lowest BCUT2D eigenvalue weighted by Gasteiger charge is -2.00. The molecule has 0 aromatic carbocycles. The first-order chi connectivity index (χ1) is 3.31. The van der Waals surface area contributed by atoms with E-state index < -0.39 is 0 Å². The Morgan fingerprint density at radius 1 is 1.71 bits per heavy atom. The van der Waals surface area contributed by atoms with Crippen molar-refractivity contribution in [3.63, 3.8) is 0 Å². The summed E-state index contributed by atoms with van der Waals surface area (Å²) < 4.78 is 0. The van der Waals surface area contributed by atoms with Gasteiger partial charge in [0.25, 0.3) is 0 Å². The van der Waals surface area contributed by atoms with E-state index in [1.54, 1.807) is 0 Å². The summed E-state index contributed by atoms with van der Waals surface area (Å²) in [6.45, 7) is 4.27. The van der Waals surface area contributed by atoms with Gasteiger partial charge in [-0.1, -0.05) is 29.8 Å². The molecule has 0 aromatic rings. The molecule has 1 heteroatoms. The second kappa shape index (κ2) is 4.63. The summed E-state index contributed by atoms with van der Waals surface area (Å²) in [5.74, 6) is 0. The average Bonchev–Trinajstić information content (AvgIpc) is 1.68. The van der Waals surface area contributed by atoms with Crippen molar-refractivity contribution >= 4 is 15.9 Å². The third kappa shape index (κ3) is 4.33. The summed E-state index contributed by atoms with van der Waals surface area (Å²) in [7, 11) is 0. The van der Waals surface area contributed by atoms with Gasteiger partial charge in [-0.3, -0.25) is 0 Å². The molecule has 0 aromatic heterocycles. The number of hydrogen-bond donors (Lipinski definition) is 0. The quantitative estimate of drug-likeness (QED) is 0.562. The largest absolute Gasteiger partial charge is 0.0891 e. The highest BCUT2D eigenvalue weighted by Gasteiger charge is 1.95. The molecule has 1 atom stereocenters. The van der Waals surface area contributed by atoms with Crippen LogP contribution < -0.4 is 0 Å². The second-order valence-corrected chi connectivity index (χ2v) is 2.94. The smallest absolute Gasteiger partial charge is 0.0145 e. The van der Waals surface area contributed by atoms with Crippen LogP contribution in [0.5, 0.6) is 0 Å². The van der Waals surface area contributed by atoms with Crippen molar-refractivity contribution in [2.75, 3.05) is 0 Å². The van der Waals surface area contributed by atoms with Gasteiger partial charge in [0, 0.05) is 4.83 Å². The maximum absolute atomic E-state index is 3.51. The molecule has 43 valence electrons. The number of alkyl halides is 1. The van der Waals surface area contributed by atoms with Crippen LogP contribution in [-0.4, -0.2) is 4.83 Å². The highest BCUT2D eigenvalue weighted by atomic mass is 79.9. The van der Waals surface area contributed by atoms with Crippen molar-refractivity contribution in [1.29, 1.82) is 0 Å². The zero-order valence-corrected chi connectivity index (χ0v) is 6.53. The monoisotopic (exact) mass is 163 g/mol. The Morgan fingerprint density at radius 2 is 2.29 bits per heavy atom. The Morgan fingerprint density at radius 3 is 2.43 bits per heavy atom. The molecule has 7 heavy (non-hydrogen) atoms. The molecule has 0 aliphatic carbocycles. The lowest BCUT2D eigenvalue weighted by atomic mass is 10.2. The predicted molar refractivity (Wildman–Crippen MR) is 37.6 cm³/mol. The first-order valence-corrected chi connectivity index (χ1v) is 3.64. The van der Waals surface area contributed by atoms with Crippen LogP contribution in [-0.2, 0) is 0 Å². The Kier molecular flexibility index (Phi) is 4.95. The van der Waals surface area contributed by atoms with E-state index in [1.165, 1.54) is 12.8 Å². The van der Waals surface area contributed by atoms with Gasteiger partial charge < -0.3 is 0 Å². The van der Waals surface area contributed by atoms with Crippen molar-refractivity contribution in [1.82, 2.24) is 0 Å². The molecule has 0 fully saturated rings. The van der Waals surface area contributed by atoms with Crippen molar-refractivity contribution in [3.05, 3.63) is 6.42 Å². The van der Waals surface area contributed by atoms with E-state index in [0.717, 1.165) is 0 Å². The van der Waals surface area contributed by atoms with Gasteiger partial charge in [0.2, 0.25) is 0 Å². The molecule has 0 spiro atoms. The van der Waals surface area contributed by atoms with Crippen LogP contribution in [0, 0.1) is 6.42 Å². The minimum Gasteiger partial charge on any atom is -0.0891 e. The summed E-state index contributed by atoms with van der Waals surface area (Å²) in [5, 5.41) is 0. The molecule has 0 saturated heterocycles. The van der Waals surface area contributed by atoms with E-state index in [-0.39, 0.29) is 0 Å². The molecule has 1 unspecified atom stereocenters. The Hall–Kier alpha value is 0.480. The molecule has 0 heterocycles. The zero-order valence-electron chi connectivity index (χ0n) is 4.95. The molecule has 0 nitrogen and oxygen atoms in total. The van der Waals surface area contributed by atoms with Gasteiger partial charge in [-0.2, -0.15) is 0 Å². The molecular weight excluding hydrogens is 152 g/mol. The van der Waals surface area contributed by atoms with E-state index in [2.05, 4.69) is 36.2 Å². The van der Waals surface area contributed by atoms with Crippen LogP contribution in [0.25, 0.3) is 0 Å². The summed E-state index contributed by atoms with van der Waals surface area (Å²) in [6, 6.07) is 0. The van der Waals surface area contributed by atoms with E-state index in [1.807, 2.05) is 0 Å². The normalized spacial score (nSPS) is 14.1. The summed E-state index contributed by atoms with van der Waals surface area (Å²) >= 11 is 3.51. The second-order valence-electron chi connectivity index (χ2n) is 1.65. The predicted octanol–water partition coefficient (Wildman–Crippen LogP) is 2.77. The Balaban J connectivity index is 2.83. The molecule has 0 N–H and O–H groups in total. The standard InChI is InChI=1S/C6H12Br/c1-3-5-6(7)4-2/h3,6H,4-5H2,1-2H3. The van der Waals surface area contributed by atoms with Crippen LogP contribution in [0.3, 0.4) is 0 Å². The van der Waals surface area contributed by atoms with Gasteiger partial charge in [0.1, 0.15) is 0 Å². The SMILES string of the molecule is C[CH]CC(Br)CC. The lowest BCUT2D eigenvalue weighted by Crippen LogP contribution is -1.92. The van der Waals surface area contributed by atoms with E-state index >= 15 is 0 Å². The number of halogens is 1. The van der Waals surface area contributed by atoms with Gasteiger partial charge in [-0.05, 0) is 19.3 Å². The Labute approximate surface area is 54.4 Å². The maximum atomic E-state index is 3.51. The highest BCUT2D eigenvalue weighted by Crippen LogP contribution is 2.09. The van der Waals surface area contributed by atoms with Gasteiger partial charge >= 0.3 is 0 Å². The Bertz CT molecular complexity index is 35.2. The third-order valence-corrected chi connectivity index (χ3v) is 1.96. The minimum absolute atomic E-state index is 0.706. The third-order valence-electron chi connectivity index (χ3n) is 0.934. The molecule has 0 rings (SSSR count). The molecule has 0 saturated carbocycles. The van der Waals surface area contributed by atoms with Crippen molar-refractivity contribution in [2.45, 2.75) is 31.5 Å². The van der Waals surface area contributed by atoms with Crippen LogP contribution in [0.2, 0.25) is 0 Å².